The number of nitrogens with zero attached hydrogens (tertiary/aromatic N) is 5. The second-order valence-electron chi connectivity index (χ2n) is 8.86. The molecule has 2 aromatic heterocycles. The van der Waals surface area contributed by atoms with Gasteiger partial charge in [0.1, 0.15) is 5.69 Å². The van der Waals surface area contributed by atoms with Crippen LogP contribution in [-0.2, 0) is 11.3 Å². The first-order chi connectivity index (χ1) is 16.7. The van der Waals surface area contributed by atoms with Crippen LogP contribution in [0.25, 0.3) is 11.5 Å². The van der Waals surface area contributed by atoms with Crippen LogP contribution >= 0.6 is 11.8 Å². The molecular weight excluding hydrogens is 448 g/mol. The van der Waals surface area contributed by atoms with Crippen molar-refractivity contribution in [2.45, 2.75) is 25.3 Å². The quantitative estimate of drug-likeness (QED) is 0.552. The number of benzene rings is 1. The van der Waals surface area contributed by atoms with Crippen molar-refractivity contribution in [3.63, 3.8) is 0 Å². The zero-order valence-corrected chi connectivity index (χ0v) is 20.0. The van der Waals surface area contributed by atoms with Gasteiger partial charge in [0.25, 0.3) is 0 Å². The molecule has 0 atom stereocenters. The van der Waals surface area contributed by atoms with Gasteiger partial charge in [0, 0.05) is 48.9 Å². The molecule has 178 valence electrons. The van der Waals surface area contributed by atoms with Crippen LogP contribution < -0.4 is 5.32 Å². The molecule has 0 spiro atoms. The Morgan fingerprint density at radius 1 is 1.06 bits per heavy atom. The van der Waals surface area contributed by atoms with Crippen molar-refractivity contribution < 1.29 is 9.32 Å². The molecule has 0 radical (unpaired) electrons. The molecule has 0 bridgehead atoms. The lowest BCUT2D eigenvalue weighted by molar-refractivity contribution is -0.117. The van der Waals surface area contributed by atoms with Gasteiger partial charge in [-0.3, -0.25) is 19.6 Å². The van der Waals surface area contributed by atoms with Crippen LogP contribution in [-0.4, -0.2) is 75.1 Å². The van der Waals surface area contributed by atoms with Gasteiger partial charge < -0.3 is 9.84 Å². The third-order valence-electron chi connectivity index (χ3n) is 6.36. The van der Waals surface area contributed by atoms with E-state index in [2.05, 4.69) is 42.4 Å². The minimum atomic E-state index is 0.0280. The lowest BCUT2D eigenvalue weighted by atomic mass is 9.97. The van der Waals surface area contributed by atoms with Crippen molar-refractivity contribution in [3.8, 4) is 11.5 Å². The van der Waals surface area contributed by atoms with Gasteiger partial charge in [0.15, 0.2) is 0 Å². The van der Waals surface area contributed by atoms with Gasteiger partial charge in [-0.15, -0.1) is 0 Å². The van der Waals surface area contributed by atoms with E-state index in [0.29, 0.717) is 24.0 Å². The standard InChI is InChI=1S/C25H30N6O2S/c32-23(27-21-5-3-4-19(16-21)17-31-12-14-34-15-13-31)18-30-10-7-20(8-11-30)25-28-24(29-33-25)22-6-1-2-9-26-22/h1-6,9,16,20H,7-8,10-15,17-18H2,(H,27,32). The zero-order chi connectivity index (χ0) is 23.2. The summed E-state index contributed by atoms with van der Waals surface area (Å²) in [5.74, 6) is 3.83. The van der Waals surface area contributed by atoms with Crippen LogP contribution in [0.15, 0.2) is 53.2 Å². The highest BCUT2D eigenvalue weighted by Crippen LogP contribution is 2.28. The van der Waals surface area contributed by atoms with Gasteiger partial charge in [-0.1, -0.05) is 23.4 Å². The molecule has 1 N–H and O–H groups in total. The molecule has 0 aliphatic carbocycles. The molecule has 2 aliphatic rings. The largest absolute Gasteiger partial charge is 0.339 e. The average Bonchev–Trinajstić information content (AvgIpc) is 3.36. The molecule has 8 nitrogen and oxygen atoms in total. The molecule has 3 aromatic rings. The van der Waals surface area contributed by atoms with E-state index in [1.54, 1.807) is 6.20 Å². The predicted octanol–water partition coefficient (Wildman–Crippen LogP) is 3.50. The Morgan fingerprint density at radius 2 is 1.91 bits per heavy atom. The first-order valence-electron chi connectivity index (χ1n) is 11.9. The number of amides is 1. The van der Waals surface area contributed by atoms with Gasteiger partial charge in [-0.05, 0) is 55.8 Å². The topological polar surface area (TPSA) is 87.4 Å². The first kappa shape index (κ1) is 23.0. The van der Waals surface area contributed by atoms with Crippen molar-refractivity contribution in [3.05, 3.63) is 60.1 Å². The third-order valence-corrected chi connectivity index (χ3v) is 7.30. The van der Waals surface area contributed by atoms with Crippen LogP contribution in [0.4, 0.5) is 5.69 Å². The minimum absolute atomic E-state index is 0.0280. The summed E-state index contributed by atoms with van der Waals surface area (Å²) < 4.78 is 5.52. The number of rotatable bonds is 7. The van der Waals surface area contributed by atoms with Crippen molar-refractivity contribution >= 4 is 23.4 Å². The number of piperidine rings is 1. The van der Waals surface area contributed by atoms with Crippen LogP contribution in [0.1, 0.15) is 30.2 Å². The van der Waals surface area contributed by atoms with Crippen molar-refractivity contribution in [1.29, 1.82) is 0 Å². The SMILES string of the molecule is O=C(CN1CCC(c2nc(-c3ccccn3)no2)CC1)Nc1cccc(CN2CCSCC2)c1. The molecule has 0 saturated carbocycles. The Bertz CT molecular complexity index is 1080. The second-order valence-corrected chi connectivity index (χ2v) is 10.1. The summed E-state index contributed by atoms with van der Waals surface area (Å²) in [6.45, 7) is 5.24. The van der Waals surface area contributed by atoms with E-state index in [9.17, 15) is 4.79 Å². The summed E-state index contributed by atoms with van der Waals surface area (Å²) in [7, 11) is 0. The van der Waals surface area contributed by atoms with Gasteiger partial charge in [-0.2, -0.15) is 16.7 Å². The Morgan fingerprint density at radius 3 is 2.71 bits per heavy atom. The normalized spacial score (nSPS) is 18.1. The number of nitrogens with one attached hydrogen (secondary N) is 1. The van der Waals surface area contributed by atoms with Gasteiger partial charge >= 0.3 is 0 Å². The predicted molar refractivity (Wildman–Crippen MR) is 134 cm³/mol. The smallest absolute Gasteiger partial charge is 0.238 e. The summed E-state index contributed by atoms with van der Waals surface area (Å²) in [4.78, 5) is 26.2. The number of hydrogen-bond acceptors (Lipinski definition) is 8. The number of aromatic nitrogens is 3. The number of pyridine rings is 1. The maximum atomic E-state index is 12.7. The van der Waals surface area contributed by atoms with E-state index < -0.39 is 0 Å². The van der Waals surface area contributed by atoms with Gasteiger partial charge in [0.05, 0.1) is 6.54 Å². The molecule has 4 heterocycles. The molecular formula is C25H30N6O2S. The maximum Gasteiger partial charge on any atom is 0.238 e. The van der Waals surface area contributed by atoms with Crippen LogP contribution in [0.5, 0.6) is 0 Å². The summed E-state index contributed by atoms with van der Waals surface area (Å²) in [5, 5.41) is 7.17. The zero-order valence-electron chi connectivity index (χ0n) is 19.2. The fourth-order valence-corrected chi connectivity index (χ4v) is 5.49. The van der Waals surface area contributed by atoms with Gasteiger partial charge in [0.2, 0.25) is 17.6 Å². The Hall–Kier alpha value is -2.75. The summed E-state index contributed by atoms with van der Waals surface area (Å²) in [6.07, 6.45) is 3.50. The highest BCUT2D eigenvalue weighted by Gasteiger charge is 2.26. The van der Waals surface area contributed by atoms with Crippen LogP contribution in [0.2, 0.25) is 0 Å². The summed E-state index contributed by atoms with van der Waals surface area (Å²) in [5.41, 5.74) is 2.83. The minimum Gasteiger partial charge on any atom is -0.339 e. The molecule has 2 fully saturated rings. The van der Waals surface area contributed by atoms with Crippen LogP contribution in [0, 0.1) is 0 Å². The number of carbonyl (C=O) groups is 1. The monoisotopic (exact) mass is 478 g/mol. The third kappa shape index (κ3) is 6.02. The lowest BCUT2D eigenvalue weighted by Crippen LogP contribution is -2.38. The number of carbonyl (C=O) groups excluding carboxylic acids is 1. The van der Waals surface area contributed by atoms with E-state index in [1.165, 1.54) is 17.1 Å². The highest BCUT2D eigenvalue weighted by molar-refractivity contribution is 7.99. The molecule has 1 aromatic carbocycles. The van der Waals surface area contributed by atoms with E-state index >= 15 is 0 Å². The van der Waals surface area contributed by atoms with Gasteiger partial charge in [-0.25, -0.2) is 0 Å². The van der Waals surface area contributed by atoms with Crippen molar-refractivity contribution in [1.82, 2.24) is 24.9 Å². The fourth-order valence-electron chi connectivity index (χ4n) is 4.51. The Kier molecular flexibility index (Phi) is 7.52. The van der Waals surface area contributed by atoms with E-state index in [1.807, 2.05) is 42.1 Å². The number of anilines is 1. The average molecular weight is 479 g/mol. The summed E-state index contributed by atoms with van der Waals surface area (Å²) in [6, 6.07) is 13.9. The first-order valence-corrected chi connectivity index (χ1v) is 13.0. The van der Waals surface area contributed by atoms with Crippen molar-refractivity contribution in [2.24, 2.45) is 0 Å². The highest BCUT2D eigenvalue weighted by atomic mass is 32.2. The molecule has 9 heteroatoms. The summed E-state index contributed by atoms with van der Waals surface area (Å²) >= 11 is 2.02. The van der Waals surface area contributed by atoms with E-state index in [0.717, 1.165) is 51.3 Å². The second kappa shape index (κ2) is 11.1. The number of hydrogen-bond donors (Lipinski definition) is 1. The molecule has 2 saturated heterocycles. The maximum absolute atomic E-state index is 12.7. The fraction of sp³-hybridized carbons (Fsp3) is 0.440. The number of likely N-dealkylation sites (tertiary alicyclic amines) is 1. The molecule has 0 unspecified atom stereocenters. The molecule has 5 rings (SSSR count). The van der Waals surface area contributed by atoms with E-state index in [-0.39, 0.29) is 11.8 Å². The number of thioether (sulfide) groups is 1. The Balaban J connectivity index is 1.09. The molecule has 34 heavy (non-hydrogen) atoms. The molecule has 2 aliphatic heterocycles. The Labute approximate surface area is 204 Å². The van der Waals surface area contributed by atoms with E-state index in [4.69, 9.17) is 4.52 Å². The lowest BCUT2D eigenvalue weighted by Gasteiger charge is -2.29. The van der Waals surface area contributed by atoms with Crippen LogP contribution in [0.3, 0.4) is 0 Å². The van der Waals surface area contributed by atoms with Crippen molar-refractivity contribution in [2.75, 3.05) is 49.5 Å². The molecule has 1 amide bonds.